The van der Waals surface area contributed by atoms with E-state index in [0.29, 0.717) is 41.9 Å². The van der Waals surface area contributed by atoms with Gasteiger partial charge in [-0.05, 0) is 27.2 Å². The first-order chi connectivity index (χ1) is 11.3. The Kier molecular flexibility index (Phi) is 4.37. The Morgan fingerprint density at radius 2 is 2.08 bits per heavy atom. The molecule has 3 rings (SSSR count). The summed E-state index contributed by atoms with van der Waals surface area (Å²) in [5, 5.41) is 8.01. The molecule has 2 atom stereocenters. The third kappa shape index (κ3) is 3.31. The van der Waals surface area contributed by atoms with Crippen LogP contribution in [0.1, 0.15) is 53.8 Å². The first kappa shape index (κ1) is 16.9. The van der Waals surface area contributed by atoms with Crippen LogP contribution < -0.4 is 0 Å². The number of ether oxygens (including phenoxy) is 1. The van der Waals surface area contributed by atoms with E-state index in [9.17, 15) is 13.2 Å². The molecule has 0 N–H and O–H groups in total. The van der Waals surface area contributed by atoms with E-state index in [2.05, 4.69) is 15.2 Å². The van der Waals surface area contributed by atoms with Crippen LogP contribution in [0.3, 0.4) is 0 Å². The van der Waals surface area contributed by atoms with Gasteiger partial charge in [0.25, 0.3) is 0 Å². The number of alkyl halides is 3. The minimum absolute atomic E-state index is 0.116. The van der Waals surface area contributed by atoms with Gasteiger partial charge in [0.05, 0.1) is 18.2 Å². The number of aryl methyl sites for hydroxylation is 1. The molecule has 24 heavy (non-hydrogen) atoms. The highest BCUT2D eigenvalue weighted by atomic mass is 19.4. The lowest BCUT2D eigenvalue weighted by atomic mass is 9.99. The summed E-state index contributed by atoms with van der Waals surface area (Å²) in [5.74, 6) is 0.766. The van der Waals surface area contributed by atoms with Crippen molar-refractivity contribution < 1.29 is 22.4 Å². The average Bonchev–Trinajstić information content (AvgIpc) is 3.19. The zero-order chi connectivity index (χ0) is 17.5. The summed E-state index contributed by atoms with van der Waals surface area (Å²) in [7, 11) is 0. The van der Waals surface area contributed by atoms with Gasteiger partial charge in [-0.1, -0.05) is 5.16 Å². The van der Waals surface area contributed by atoms with Gasteiger partial charge in [-0.25, -0.2) is 0 Å². The standard InChI is InChI=1S/C15H19F3N4O2/c1-8(14-19-13(21-24-14)11-4-5-23-6-11)12-9(2)20-22(10(12)3)7-15(16,17)18/h8,11H,4-7H2,1-3H3. The molecule has 1 fully saturated rings. The number of hydrogen-bond donors (Lipinski definition) is 0. The van der Waals surface area contributed by atoms with E-state index in [4.69, 9.17) is 9.26 Å². The Labute approximate surface area is 137 Å². The molecule has 0 bridgehead atoms. The lowest BCUT2D eigenvalue weighted by Gasteiger charge is -2.10. The highest BCUT2D eigenvalue weighted by Crippen LogP contribution is 2.31. The maximum Gasteiger partial charge on any atom is 0.408 e. The van der Waals surface area contributed by atoms with E-state index in [1.165, 1.54) is 0 Å². The molecule has 0 aromatic carbocycles. The summed E-state index contributed by atoms with van der Waals surface area (Å²) in [5.41, 5.74) is 1.69. The van der Waals surface area contributed by atoms with Gasteiger partial charge in [0.2, 0.25) is 5.89 Å². The lowest BCUT2D eigenvalue weighted by molar-refractivity contribution is -0.142. The molecule has 0 aliphatic carbocycles. The summed E-state index contributed by atoms with van der Waals surface area (Å²) in [6.07, 6.45) is -3.47. The minimum atomic E-state index is -4.32. The van der Waals surface area contributed by atoms with Gasteiger partial charge in [0.1, 0.15) is 6.54 Å². The molecule has 0 radical (unpaired) electrons. The highest BCUT2D eigenvalue weighted by Gasteiger charge is 2.32. The summed E-state index contributed by atoms with van der Waals surface area (Å²) in [4.78, 5) is 4.42. The molecule has 0 amide bonds. The van der Waals surface area contributed by atoms with Crippen molar-refractivity contribution in [3.05, 3.63) is 28.7 Å². The molecule has 1 aliphatic rings. The second-order valence-electron chi connectivity index (χ2n) is 6.13. The first-order valence-electron chi connectivity index (χ1n) is 7.78. The molecule has 6 nitrogen and oxygen atoms in total. The number of rotatable bonds is 4. The van der Waals surface area contributed by atoms with Crippen LogP contribution in [0.2, 0.25) is 0 Å². The van der Waals surface area contributed by atoms with Gasteiger partial charge in [0.15, 0.2) is 5.82 Å². The summed E-state index contributed by atoms with van der Waals surface area (Å²) in [6.45, 7) is 5.27. The summed E-state index contributed by atoms with van der Waals surface area (Å²) < 4.78 is 49.6. The van der Waals surface area contributed by atoms with Gasteiger partial charge in [-0.2, -0.15) is 23.3 Å². The van der Waals surface area contributed by atoms with Crippen LogP contribution in [0, 0.1) is 13.8 Å². The fourth-order valence-electron chi connectivity index (χ4n) is 3.11. The lowest BCUT2D eigenvalue weighted by Crippen LogP contribution is -2.19. The fourth-order valence-corrected chi connectivity index (χ4v) is 3.11. The van der Waals surface area contributed by atoms with Crippen molar-refractivity contribution in [2.24, 2.45) is 0 Å². The van der Waals surface area contributed by atoms with Crippen molar-refractivity contribution in [2.75, 3.05) is 13.2 Å². The van der Waals surface area contributed by atoms with Crippen LogP contribution in [0.4, 0.5) is 13.2 Å². The predicted molar refractivity (Wildman–Crippen MR) is 77.7 cm³/mol. The number of aromatic nitrogens is 4. The number of nitrogens with zero attached hydrogens (tertiary/aromatic N) is 4. The normalized spacial score (nSPS) is 19.8. The van der Waals surface area contributed by atoms with Crippen LogP contribution in [0.25, 0.3) is 0 Å². The van der Waals surface area contributed by atoms with Gasteiger partial charge < -0.3 is 9.26 Å². The van der Waals surface area contributed by atoms with Crippen molar-refractivity contribution in [3.8, 4) is 0 Å². The van der Waals surface area contributed by atoms with Crippen molar-refractivity contribution in [1.82, 2.24) is 19.9 Å². The number of halogens is 3. The Morgan fingerprint density at radius 1 is 1.33 bits per heavy atom. The second-order valence-corrected chi connectivity index (χ2v) is 6.13. The molecule has 0 saturated carbocycles. The molecular weight excluding hydrogens is 325 g/mol. The van der Waals surface area contributed by atoms with E-state index >= 15 is 0 Å². The van der Waals surface area contributed by atoms with Crippen LogP contribution >= 0.6 is 0 Å². The molecule has 2 aromatic heterocycles. The highest BCUT2D eigenvalue weighted by molar-refractivity contribution is 5.32. The molecular formula is C15H19F3N4O2. The van der Waals surface area contributed by atoms with Crippen LogP contribution in [0.5, 0.6) is 0 Å². The third-order valence-electron chi connectivity index (χ3n) is 4.32. The van der Waals surface area contributed by atoms with Crippen molar-refractivity contribution in [1.29, 1.82) is 0 Å². The monoisotopic (exact) mass is 344 g/mol. The first-order valence-corrected chi connectivity index (χ1v) is 7.78. The molecule has 2 aromatic rings. The quantitative estimate of drug-likeness (QED) is 0.853. The third-order valence-corrected chi connectivity index (χ3v) is 4.32. The average molecular weight is 344 g/mol. The van der Waals surface area contributed by atoms with E-state index in [-0.39, 0.29) is 11.8 Å². The topological polar surface area (TPSA) is 66.0 Å². The molecule has 2 unspecified atom stereocenters. The number of hydrogen-bond acceptors (Lipinski definition) is 5. The molecule has 0 spiro atoms. The van der Waals surface area contributed by atoms with Gasteiger partial charge in [0, 0.05) is 23.8 Å². The zero-order valence-electron chi connectivity index (χ0n) is 13.7. The Balaban J connectivity index is 1.86. The van der Waals surface area contributed by atoms with Crippen molar-refractivity contribution >= 4 is 0 Å². The Hall–Kier alpha value is -1.90. The van der Waals surface area contributed by atoms with Gasteiger partial charge in [-0.15, -0.1) is 0 Å². The van der Waals surface area contributed by atoms with Crippen LogP contribution in [0.15, 0.2) is 4.52 Å². The Morgan fingerprint density at radius 3 is 2.71 bits per heavy atom. The zero-order valence-corrected chi connectivity index (χ0v) is 13.7. The van der Waals surface area contributed by atoms with Gasteiger partial charge >= 0.3 is 6.18 Å². The molecule has 1 aliphatic heterocycles. The van der Waals surface area contributed by atoms with E-state index in [1.807, 2.05) is 6.92 Å². The van der Waals surface area contributed by atoms with Crippen molar-refractivity contribution in [3.63, 3.8) is 0 Å². The molecule has 132 valence electrons. The molecule has 3 heterocycles. The minimum Gasteiger partial charge on any atom is -0.381 e. The van der Waals surface area contributed by atoms with Gasteiger partial charge in [-0.3, -0.25) is 4.68 Å². The largest absolute Gasteiger partial charge is 0.408 e. The van der Waals surface area contributed by atoms with E-state index < -0.39 is 12.7 Å². The fraction of sp³-hybridized carbons (Fsp3) is 0.667. The summed E-state index contributed by atoms with van der Waals surface area (Å²) >= 11 is 0. The second kappa shape index (κ2) is 6.19. The maximum absolute atomic E-state index is 12.6. The Bertz CT molecular complexity index is 717. The smallest absolute Gasteiger partial charge is 0.381 e. The summed E-state index contributed by atoms with van der Waals surface area (Å²) in [6, 6.07) is 0. The molecule has 9 heteroatoms. The predicted octanol–water partition coefficient (Wildman–Crippen LogP) is 3.10. The van der Waals surface area contributed by atoms with Crippen molar-refractivity contribution in [2.45, 2.75) is 51.7 Å². The van der Waals surface area contributed by atoms with E-state index in [0.717, 1.165) is 11.1 Å². The van der Waals surface area contributed by atoms with E-state index in [1.54, 1.807) is 13.8 Å². The maximum atomic E-state index is 12.6. The van der Waals surface area contributed by atoms with Crippen LogP contribution in [-0.4, -0.2) is 39.3 Å². The molecule has 1 saturated heterocycles. The SMILES string of the molecule is Cc1nn(CC(F)(F)F)c(C)c1C(C)c1nc(C2CCOC2)no1. The van der Waals surface area contributed by atoms with Crippen LogP contribution in [-0.2, 0) is 11.3 Å².